The number of nitrogens with zero attached hydrogens (tertiary/aromatic N) is 4. The normalized spacial score (nSPS) is 25.0. The number of fused-ring (bicyclic) bond motifs is 2. The number of rotatable bonds is 10. The first kappa shape index (κ1) is 28.7. The van der Waals surface area contributed by atoms with Gasteiger partial charge in [-0.2, -0.15) is 0 Å². The molecular weight excluding hydrogens is 560 g/mol. The van der Waals surface area contributed by atoms with Crippen LogP contribution in [0.15, 0.2) is 30.5 Å². The molecule has 3 aromatic rings. The molecule has 8 nitrogen and oxygen atoms in total. The lowest BCUT2D eigenvalue weighted by molar-refractivity contribution is -0.141. The molecule has 0 radical (unpaired) electrons. The van der Waals surface area contributed by atoms with Crippen molar-refractivity contribution in [2.75, 3.05) is 39.5 Å². The number of hydrogen-bond donors (Lipinski definition) is 1. The van der Waals surface area contributed by atoms with E-state index in [2.05, 4.69) is 47.7 Å². The average Bonchev–Trinajstić information content (AvgIpc) is 3.57. The van der Waals surface area contributed by atoms with Crippen molar-refractivity contribution in [3.8, 4) is 11.1 Å². The van der Waals surface area contributed by atoms with Crippen LogP contribution in [0.3, 0.4) is 0 Å². The van der Waals surface area contributed by atoms with E-state index in [1.807, 2.05) is 18.3 Å². The molecule has 2 saturated heterocycles. The molecule has 10 heteroatoms. The third kappa shape index (κ3) is 5.68. The van der Waals surface area contributed by atoms with Crippen molar-refractivity contribution < 1.29 is 19.4 Å². The van der Waals surface area contributed by atoms with Crippen LogP contribution >= 0.6 is 22.9 Å². The van der Waals surface area contributed by atoms with E-state index in [0.29, 0.717) is 43.3 Å². The van der Waals surface area contributed by atoms with E-state index in [1.165, 1.54) is 10.5 Å². The standard InChI is InChI=1S/C31H37ClN4O4S/c1-18-10-21(32)11-24(27(18)17-35-19(2)14-34(15-20(35)3)6-8-40-9-7-37)23-4-5-33-28-12-22(41-29(23)28)16-36-30(38)25-13-26(25)31(36)39/h4-5,10-12,19-20,25-26,37H,6-9,13-17H2,1-3H3/t19-,20-,25?,26?/m0/s1. The fraction of sp³-hybridized carbons (Fsp3) is 0.516. The summed E-state index contributed by atoms with van der Waals surface area (Å²) in [6.07, 6.45) is 2.55. The molecule has 3 fully saturated rings. The van der Waals surface area contributed by atoms with Gasteiger partial charge < -0.3 is 9.84 Å². The highest BCUT2D eigenvalue weighted by Gasteiger charge is 2.58. The molecule has 0 bridgehead atoms. The molecule has 1 aromatic carbocycles. The highest BCUT2D eigenvalue weighted by molar-refractivity contribution is 7.19. The van der Waals surface area contributed by atoms with Gasteiger partial charge in [-0.25, -0.2) is 0 Å². The maximum Gasteiger partial charge on any atom is 0.233 e. The van der Waals surface area contributed by atoms with Crippen LogP contribution in [0.4, 0.5) is 0 Å². The predicted molar refractivity (Wildman–Crippen MR) is 161 cm³/mol. The number of benzene rings is 1. The van der Waals surface area contributed by atoms with Crippen LogP contribution in [0.2, 0.25) is 5.02 Å². The topological polar surface area (TPSA) is 86.2 Å². The van der Waals surface area contributed by atoms with Gasteiger partial charge in [-0.05, 0) is 68.1 Å². The number of pyridine rings is 1. The molecule has 41 heavy (non-hydrogen) atoms. The molecule has 0 spiro atoms. The third-order valence-corrected chi connectivity index (χ3v) is 10.1. The number of aryl methyl sites for hydroxylation is 1. The summed E-state index contributed by atoms with van der Waals surface area (Å²) >= 11 is 8.25. The monoisotopic (exact) mass is 596 g/mol. The first-order valence-corrected chi connectivity index (χ1v) is 15.6. The van der Waals surface area contributed by atoms with E-state index in [9.17, 15) is 9.59 Å². The molecule has 2 unspecified atom stereocenters. The van der Waals surface area contributed by atoms with Crippen molar-refractivity contribution in [1.29, 1.82) is 0 Å². The molecule has 3 aliphatic rings. The first-order chi connectivity index (χ1) is 19.7. The molecule has 1 saturated carbocycles. The van der Waals surface area contributed by atoms with Gasteiger partial charge in [0.15, 0.2) is 0 Å². The molecule has 4 atom stereocenters. The van der Waals surface area contributed by atoms with Crippen LogP contribution in [0, 0.1) is 18.8 Å². The summed E-state index contributed by atoms with van der Waals surface area (Å²) in [5.74, 6) is -0.235. The zero-order valence-corrected chi connectivity index (χ0v) is 25.4. The molecule has 6 rings (SSSR count). The maximum absolute atomic E-state index is 12.6. The van der Waals surface area contributed by atoms with Gasteiger partial charge in [0.2, 0.25) is 11.8 Å². The van der Waals surface area contributed by atoms with E-state index < -0.39 is 0 Å². The Balaban J connectivity index is 1.26. The van der Waals surface area contributed by atoms with Gasteiger partial charge in [0.1, 0.15) is 0 Å². The minimum absolute atomic E-state index is 0.0283. The number of piperidine rings is 1. The fourth-order valence-corrected chi connectivity index (χ4v) is 7.97. The number of ether oxygens (including phenoxy) is 1. The number of thiophene rings is 1. The van der Waals surface area contributed by atoms with Gasteiger partial charge >= 0.3 is 0 Å². The molecular formula is C31H37ClN4O4S. The minimum atomic E-state index is -0.0891. The Morgan fingerprint density at radius 2 is 1.78 bits per heavy atom. The van der Waals surface area contributed by atoms with Gasteiger partial charge in [-0.3, -0.25) is 29.3 Å². The van der Waals surface area contributed by atoms with E-state index in [-0.39, 0.29) is 30.3 Å². The van der Waals surface area contributed by atoms with E-state index in [1.54, 1.807) is 11.3 Å². The number of hydrogen-bond acceptors (Lipinski definition) is 8. The number of carbonyl (C=O) groups excluding carboxylic acids is 2. The van der Waals surface area contributed by atoms with Gasteiger partial charge in [0.25, 0.3) is 0 Å². The summed E-state index contributed by atoms with van der Waals surface area (Å²) in [6.45, 7) is 11.6. The molecule has 1 aliphatic carbocycles. The van der Waals surface area contributed by atoms with Crippen molar-refractivity contribution in [1.82, 2.24) is 19.7 Å². The Morgan fingerprint density at radius 1 is 1.05 bits per heavy atom. The van der Waals surface area contributed by atoms with Crippen molar-refractivity contribution in [3.05, 3.63) is 51.5 Å². The predicted octanol–water partition coefficient (Wildman–Crippen LogP) is 4.33. The van der Waals surface area contributed by atoms with E-state index in [0.717, 1.165) is 58.0 Å². The molecule has 2 amide bonds. The zero-order chi connectivity index (χ0) is 28.8. The van der Waals surface area contributed by atoms with Gasteiger partial charge in [-0.15, -0.1) is 11.3 Å². The molecule has 2 aliphatic heterocycles. The molecule has 218 valence electrons. The number of halogens is 1. The lowest BCUT2D eigenvalue weighted by Crippen LogP contribution is -2.56. The van der Waals surface area contributed by atoms with Gasteiger partial charge in [0, 0.05) is 59.9 Å². The Kier molecular flexibility index (Phi) is 8.19. The molecule has 1 N–H and O–H groups in total. The Labute approximate surface area is 249 Å². The van der Waals surface area contributed by atoms with Gasteiger partial charge in [0.05, 0.1) is 48.4 Å². The largest absolute Gasteiger partial charge is 0.394 e. The zero-order valence-electron chi connectivity index (χ0n) is 23.8. The summed E-state index contributed by atoms with van der Waals surface area (Å²) in [5.41, 5.74) is 5.45. The lowest BCUT2D eigenvalue weighted by Gasteiger charge is -2.45. The summed E-state index contributed by atoms with van der Waals surface area (Å²) < 4.78 is 6.55. The second kappa shape index (κ2) is 11.7. The number of likely N-dealkylation sites (tertiary alicyclic amines) is 1. The third-order valence-electron chi connectivity index (χ3n) is 8.77. The molecule has 4 heterocycles. The number of piperazine rings is 1. The number of imide groups is 1. The average molecular weight is 597 g/mol. The number of aromatic nitrogens is 1. The fourth-order valence-electron chi connectivity index (χ4n) is 6.57. The second-order valence-electron chi connectivity index (χ2n) is 11.7. The van der Waals surface area contributed by atoms with Crippen molar-refractivity contribution in [2.24, 2.45) is 11.8 Å². The van der Waals surface area contributed by atoms with Crippen LogP contribution in [0.1, 0.15) is 36.3 Å². The Bertz CT molecular complexity index is 1450. The van der Waals surface area contributed by atoms with Crippen LogP contribution in [-0.2, 0) is 27.4 Å². The number of aliphatic hydroxyl groups excluding tert-OH is 1. The second-order valence-corrected chi connectivity index (χ2v) is 13.3. The van der Waals surface area contributed by atoms with E-state index in [4.69, 9.17) is 21.4 Å². The van der Waals surface area contributed by atoms with E-state index >= 15 is 0 Å². The van der Waals surface area contributed by atoms with Gasteiger partial charge in [-0.1, -0.05) is 11.6 Å². The summed E-state index contributed by atoms with van der Waals surface area (Å²) in [4.78, 5) is 37.2. The number of aliphatic hydroxyl groups is 1. The SMILES string of the molecule is Cc1cc(Cl)cc(-c2ccnc3cc(CN4C(=O)C5CC5C4=O)sc23)c1CN1[C@@H](C)CN(CCOCCO)C[C@@H]1C. The number of amides is 2. The van der Waals surface area contributed by atoms with Crippen LogP contribution in [-0.4, -0.2) is 88.1 Å². The van der Waals surface area contributed by atoms with Crippen LogP contribution < -0.4 is 0 Å². The van der Waals surface area contributed by atoms with Crippen LogP contribution in [0.5, 0.6) is 0 Å². The Hall–Kier alpha value is -2.40. The Morgan fingerprint density at radius 3 is 2.49 bits per heavy atom. The lowest BCUT2D eigenvalue weighted by atomic mass is 9.94. The van der Waals surface area contributed by atoms with Crippen LogP contribution in [0.25, 0.3) is 21.3 Å². The highest BCUT2D eigenvalue weighted by atomic mass is 35.5. The number of carbonyl (C=O) groups is 2. The maximum atomic E-state index is 12.6. The summed E-state index contributed by atoms with van der Waals surface area (Å²) in [6, 6.07) is 8.87. The minimum Gasteiger partial charge on any atom is -0.394 e. The van der Waals surface area contributed by atoms with Crippen molar-refractivity contribution >= 4 is 45.0 Å². The quantitative estimate of drug-likeness (QED) is 0.275. The first-order valence-electron chi connectivity index (χ1n) is 14.4. The summed E-state index contributed by atoms with van der Waals surface area (Å²) in [7, 11) is 0. The van der Waals surface area contributed by atoms with Crippen molar-refractivity contribution in [3.63, 3.8) is 0 Å². The van der Waals surface area contributed by atoms with Crippen molar-refractivity contribution in [2.45, 2.75) is 52.4 Å². The molecule has 2 aromatic heterocycles. The summed E-state index contributed by atoms with van der Waals surface area (Å²) in [5, 5.41) is 9.67. The highest BCUT2D eigenvalue weighted by Crippen LogP contribution is 2.48. The smallest absolute Gasteiger partial charge is 0.233 e.